The Hall–Kier alpha value is -0.730. The number of rotatable bonds is 3. The van der Waals surface area contributed by atoms with Gasteiger partial charge in [-0.2, -0.15) is 0 Å². The highest BCUT2D eigenvalue weighted by molar-refractivity contribution is 6.37. The average Bonchev–Trinajstić information content (AvgIpc) is 2.31. The topological polar surface area (TPSA) is 26.3 Å². The van der Waals surface area contributed by atoms with Crippen molar-refractivity contribution in [1.82, 2.24) is 0 Å². The summed E-state index contributed by atoms with van der Waals surface area (Å²) in [5, 5.41) is 0.964. The summed E-state index contributed by atoms with van der Waals surface area (Å²) >= 11 is 12.1. The summed E-state index contributed by atoms with van der Waals surface area (Å²) in [6.45, 7) is 3.91. The molecule has 1 aromatic carbocycles. The number of benzene rings is 1. The lowest BCUT2D eigenvalue weighted by Gasteiger charge is -2.44. The smallest absolute Gasteiger partial charge is 0.156 e. The van der Waals surface area contributed by atoms with Crippen LogP contribution in [0.25, 0.3) is 0 Å². The van der Waals surface area contributed by atoms with E-state index in [9.17, 15) is 4.79 Å². The van der Waals surface area contributed by atoms with Crippen molar-refractivity contribution in [3.05, 3.63) is 28.2 Å². The molecule has 0 spiro atoms. The predicted octanol–water partition coefficient (Wildman–Crippen LogP) is 4.13. The molecule has 0 N–H and O–H groups in total. The molecule has 0 radical (unpaired) electrons. The molecule has 2 unspecified atom stereocenters. The summed E-state index contributed by atoms with van der Waals surface area (Å²) in [6, 6.07) is 5.22. The average molecular weight is 273 g/mol. The summed E-state index contributed by atoms with van der Waals surface area (Å²) in [4.78, 5) is 11.6. The number of halogens is 2. The minimum Gasteiger partial charge on any atom is -0.486 e. The Morgan fingerprint density at radius 2 is 2.00 bits per heavy atom. The molecular formula is C13H14Cl2O2. The van der Waals surface area contributed by atoms with Crippen LogP contribution in [0.2, 0.25) is 10.0 Å². The second-order valence-electron chi connectivity index (χ2n) is 4.56. The number of para-hydroxylation sites is 1. The summed E-state index contributed by atoms with van der Waals surface area (Å²) in [6.07, 6.45) is 1.07. The van der Waals surface area contributed by atoms with Crippen molar-refractivity contribution in [3.63, 3.8) is 0 Å². The van der Waals surface area contributed by atoms with E-state index in [2.05, 4.69) is 0 Å². The molecule has 1 aromatic rings. The highest BCUT2D eigenvalue weighted by Crippen LogP contribution is 2.45. The summed E-state index contributed by atoms with van der Waals surface area (Å²) in [5.74, 6) is 0.723. The van der Waals surface area contributed by atoms with Gasteiger partial charge >= 0.3 is 0 Å². The fourth-order valence-electron chi connectivity index (χ4n) is 2.01. The van der Waals surface area contributed by atoms with Crippen molar-refractivity contribution >= 4 is 29.0 Å². The highest BCUT2D eigenvalue weighted by Gasteiger charge is 2.51. The third-order valence-electron chi connectivity index (χ3n) is 3.63. The van der Waals surface area contributed by atoms with Gasteiger partial charge in [0.05, 0.1) is 15.5 Å². The quantitative estimate of drug-likeness (QED) is 0.827. The van der Waals surface area contributed by atoms with E-state index in [0.29, 0.717) is 22.2 Å². The molecule has 1 saturated carbocycles. The highest BCUT2D eigenvalue weighted by atomic mass is 35.5. The molecular weight excluding hydrogens is 259 g/mol. The number of carbonyl (C=O) groups is 1. The second-order valence-corrected chi connectivity index (χ2v) is 5.37. The molecule has 17 heavy (non-hydrogen) atoms. The first-order chi connectivity index (χ1) is 7.99. The van der Waals surface area contributed by atoms with Crippen molar-refractivity contribution in [2.75, 3.05) is 0 Å². The van der Waals surface area contributed by atoms with Gasteiger partial charge in [0.15, 0.2) is 5.75 Å². The lowest BCUT2D eigenvalue weighted by Crippen LogP contribution is -2.54. The van der Waals surface area contributed by atoms with Crippen LogP contribution < -0.4 is 4.74 Å². The summed E-state index contributed by atoms with van der Waals surface area (Å²) in [5.41, 5.74) is -0.400. The summed E-state index contributed by atoms with van der Waals surface area (Å²) < 4.78 is 5.80. The lowest BCUT2D eigenvalue weighted by molar-refractivity contribution is -0.150. The number of hydrogen-bond acceptors (Lipinski definition) is 2. The number of hydrogen-bond donors (Lipinski definition) is 0. The van der Waals surface area contributed by atoms with Crippen molar-refractivity contribution in [1.29, 1.82) is 0 Å². The molecule has 0 saturated heterocycles. The first-order valence-corrected chi connectivity index (χ1v) is 6.38. The van der Waals surface area contributed by atoms with Crippen LogP contribution in [0.4, 0.5) is 0 Å². The maximum Gasteiger partial charge on any atom is 0.156 e. The van der Waals surface area contributed by atoms with Crippen molar-refractivity contribution < 1.29 is 9.53 Å². The monoisotopic (exact) mass is 272 g/mol. The van der Waals surface area contributed by atoms with E-state index in [1.807, 2.05) is 13.8 Å². The Morgan fingerprint density at radius 3 is 2.47 bits per heavy atom. The van der Waals surface area contributed by atoms with E-state index in [1.54, 1.807) is 18.2 Å². The van der Waals surface area contributed by atoms with Gasteiger partial charge in [0.25, 0.3) is 0 Å². The third kappa shape index (κ3) is 2.04. The lowest BCUT2D eigenvalue weighted by atomic mass is 9.64. The van der Waals surface area contributed by atoms with Crippen molar-refractivity contribution in [2.24, 2.45) is 5.41 Å². The van der Waals surface area contributed by atoms with Crippen LogP contribution in [0, 0.1) is 5.41 Å². The zero-order chi connectivity index (χ0) is 12.6. The van der Waals surface area contributed by atoms with Gasteiger partial charge in [-0.25, -0.2) is 0 Å². The van der Waals surface area contributed by atoms with Crippen LogP contribution in [0.3, 0.4) is 0 Å². The second kappa shape index (κ2) is 4.51. The molecule has 92 valence electrons. The maximum absolute atomic E-state index is 11.6. The van der Waals surface area contributed by atoms with Gasteiger partial charge in [-0.05, 0) is 25.5 Å². The van der Waals surface area contributed by atoms with Crippen molar-refractivity contribution in [3.8, 4) is 5.75 Å². The van der Waals surface area contributed by atoms with E-state index in [1.165, 1.54) is 0 Å². The van der Waals surface area contributed by atoms with Gasteiger partial charge in [-0.1, -0.05) is 36.2 Å². The SMILES string of the molecule is CCC1(C)C(=O)CC1Oc1c(Cl)cccc1Cl. The molecule has 0 aromatic heterocycles. The van der Waals surface area contributed by atoms with Crippen LogP contribution in [0.1, 0.15) is 26.7 Å². The van der Waals surface area contributed by atoms with Gasteiger partial charge in [0.1, 0.15) is 11.9 Å². The minimum absolute atomic E-state index is 0.127. The Kier molecular flexibility index (Phi) is 3.37. The van der Waals surface area contributed by atoms with Crippen LogP contribution in [0.15, 0.2) is 18.2 Å². The molecule has 0 heterocycles. The molecule has 4 heteroatoms. The molecule has 2 nitrogen and oxygen atoms in total. The zero-order valence-corrected chi connectivity index (χ0v) is 11.3. The van der Waals surface area contributed by atoms with Crippen LogP contribution in [-0.4, -0.2) is 11.9 Å². The number of ether oxygens (including phenoxy) is 1. The fraction of sp³-hybridized carbons (Fsp3) is 0.462. The number of carbonyl (C=O) groups excluding carboxylic acids is 1. The zero-order valence-electron chi connectivity index (χ0n) is 9.80. The van der Waals surface area contributed by atoms with E-state index in [4.69, 9.17) is 27.9 Å². The van der Waals surface area contributed by atoms with Crippen LogP contribution >= 0.6 is 23.2 Å². The largest absolute Gasteiger partial charge is 0.486 e. The standard InChI is InChI=1S/C13H14Cl2O2/c1-3-13(2)10(16)7-11(13)17-12-8(14)5-4-6-9(12)15/h4-6,11H,3,7H2,1-2H3. The van der Waals surface area contributed by atoms with Gasteiger partial charge < -0.3 is 4.74 Å². The Bertz CT molecular complexity index is 438. The predicted molar refractivity (Wildman–Crippen MR) is 68.9 cm³/mol. The molecule has 1 fully saturated rings. The Labute approximate surface area is 111 Å². The first-order valence-electron chi connectivity index (χ1n) is 5.63. The van der Waals surface area contributed by atoms with Gasteiger partial charge in [0, 0.05) is 6.42 Å². The number of Topliss-reactive ketones (excluding diaryl/α,β-unsaturated/α-hetero) is 1. The molecule has 1 aliphatic rings. The van der Waals surface area contributed by atoms with Gasteiger partial charge in [0.2, 0.25) is 0 Å². The van der Waals surface area contributed by atoms with E-state index >= 15 is 0 Å². The van der Waals surface area contributed by atoms with Crippen LogP contribution in [0.5, 0.6) is 5.75 Å². The number of ketones is 1. The van der Waals surface area contributed by atoms with Gasteiger partial charge in [-0.3, -0.25) is 4.79 Å². The first kappa shape index (κ1) is 12.7. The molecule has 2 rings (SSSR count). The molecule has 0 aliphatic heterocycles. The Balaban J connectivity index is 2.21. The van der Waals surface area contributed by atoms with Crippen molar-refractivity contribution in [2.45, 2.75) is 32.8 Å². The Morgan fingerprint density at radius 1 is 1.41 bits per heavy atom. The molecule has 1 aliphatic carbocycles. The fourth-order valence-corrected chi connectivity index (χ4v) is 2.50. The minimum atomic E-state index is -0.400. The third-order valence-corrected chi connectivity index (χ3v) is 4.23. The van der Waals surface area contributed by atoms with Crippen LogP contribution in [-0.2, 0) is 4.79 Å². The maximum atomic E-state index is 11.6. The molecule has 2 atom stereocenters. The molecule has 0 bridgehead atoms. The molecule has 0 amide bonds. The van der Waals surface area contributed by atoms with Gasteiger partial charge in [-0.15, -0.1) is 0 Å². The van der Waals surface area contributed by atoms with E-state index in [-0.39, 0.29) is 11.9 Å². The van der Waals surface area contributed by atoms with E-state index in [0.717, 1.165) is 6.42 Å². The normalized spacial score (nSPS) is 27.8. The van der Waals surface area contributed by atoms with E-state index < -0.39 is 5.41 Å². The summed E-state index contributed by atoms with van der Waals surface area (Å²) in [7, 11) is 0.